The van der Waals surface area contributed by atoms with E-state index in [0.717, 1.165) is 38.5 Å². The number of carbonyl (C=O) groups is 1. The first-order valence-corrected chi connectivity index (χ1v) is 20.6. The van der Waals surface area contributed by atoms with Crippen LogP contribution in [0.2, 0.25) is 0 Å². The summed E-state index contributed by atoms with van der Waals surface area (Å²) in [7, 11) is 0. The Bertz CT molecular complexity index is 705. The molecule has 1 heterocycles. The lowest BCUT2D eigenvalue weighted by Crippen LogP contribution is -2.59. The lowest BCUT2D eigenvalue weighted by molar-refractivity contribution is -0.304. The van der Waals surface area contributed by atoms with E-state index in [9.17, 15) is 25.2 Å². The fourth-order valence-electron chi connectivity index (χ4n) is 6.68. The summed E-state index contributed by atoms with van der Waals surface area (Å²) in [5, 5.41) is 40.0. The average Bonchev–Trinajstić information content (AvgIpc) is 3.08. The molecule has 4 N–H and O–H groups in total. The van der Waals surface area contributed by atoms with E-state index < -0.39 is 43.4 Å². The van der Waals surface area contributed by atoms with Gasteiger partial charge in [-0.1, -0.05) is 174 Å². The predicted octanol–water partition coefficient (Wildman–Crippen LogP) is 9.07. The Morgan fingerprint density at radius 1 is 0.562 bits per heavy atom. The minimum absolute atomic E-state index is 0.0193. The third kappa shape index (κ3) is 23.6. The molecule has 1 fully saturated rings. The van der Waals surface area contributed by atoms with Crippen LogP contribution in [0.1, 0.15) is 200 Å². The third-order valence-corrected chi connectivity index (χ3v) is 9.96. The van der Waals surface area contributed by atoms with Crippen molar-refractivity contribution in [2.45, 2.75) is 237 Å². The number of hydrogen-bond donors (Lipinski definition) is 4. The number of unbranched alkanes of at least 4 members (excludes halogenated alkanes) is 25. The molecule has 1 aliphatic rings. The summed E-state index contributed by atoms with van der Waals surface area (Å²) in [6.45, 7) is 4.02. The lowest BCUT2D eigenvalue weighted by atomic mass is 9.99. The van der Waals surface area contributed by atoms with Crippen molar-refractivity contribution in [2.75, 3.05) is 13.2 Å². The van der Waals surface area contributed by atoms with Gasteiger partial charge in [0.15, 0.2) is 6.29 Å². The van der Waals surface area contributed by atoms with Crippen LogP contribution >= 0.6 is 0 Å². The van der Waals surface area contributed by atoms with Gasteiger partial charge in [-0.05, 0) is 19.3 Å². The topological polar surface area (TPSA) is 126 Å². The van der Waals surface area contributed by atoms with E-state index >= 15 is 0 Å². The molecule has 0 spiro atoms. The highest BCUT2D eigenvalue weighted by Gasteiger charge is 2.44. The summed E-state index contributed by atoms with van der Waals surface area (Å²) in [6.07, 6.45) is 28.0. The van der Waals surface area contributed by atoms with Gasteiger partial charge in [0.2, 0.25) is 0 Å². The molecule has 0 radical (unpaired) electrons. The third-order valence-electron chi connectivity index (χ3n) is 9.96. The number of aliphatic hydroxyl groups excluding tert-OH is 4. The molecule has 8 nitrogen and oxygen atoms in total. The van der Waals surface area contributed by atoms with Crippen LogP contribution in [0.4, 0.5) is 0 Å². The van der Waals surface area contributed by atoms with Crippen molar-refractivity contribution in [3.63, 3.8) is 0 Å². The van der Waals surface area contributed by atoms with Crippen LogP contribution < -0.4 is 0 Å². The molecular formula is C40H78O8. The maximum Gasteiger partial charge on any atom is 0.306 e. The molecular weight excluding hydrogens is 608 g/mol. The first-order chi connectivity index (χ1) is 23.4. The highest BCUT2D eigenvalue weighted by Crippen LogP contribution is 2.23. The maximum absolute atomic E-state index is 12.7. The molecule has 0 aromatic rings. The Morgan fingerprint density at radius 3 is 1.38 bits per heavy atom. The van der Waals surface area contributed by atoms with Crippen LogP contribution in [0.5, 0.6) is 0 Å². The normalized spacial score (nSPS) is 21.8. The number of ether oxygens (including phenoxy) is 3. The summed E-state index contributed by atoms with van der Waals surface area (Å²) in [4.78, 5) is 12.7. The minimum Gasteiger partial charge on any atom is -0.460 e. The Hall–Kier alpha value is -0.770. The van der Waals surface area contributed by atoms with Crippen LogP contribution in [0, 0.1) is 0 Å². The highest BCUT2D eigenvalue weighted by molar-refractivity contribution is 5.69. The molecule has 286 valence electrons. The van der Waals surface area contributed by atoms with E-state index in [-0.39, 0.29) is 12.6 Å². The largest absolute Gasteiger partial charge is 0.460 e. The standard InChI is InChI=1S/C40H78O8/c1-3-5-7-9-11-13-15-16-17-18-19-21-22-24-26-28-30-34(33-46-40-39(45)38(44)37(43)35(32-41)48-40)47-36(42)31-29-27-25-23-20-14-12-10-8-6-4-2/h34-35,37-41,43-45H,3-33H2,1-2H3/t34?,35?,37-,38?,39+,40+/m1/s1. The number of aliphatic hydroxyl groups is 4. The Balaban J connectivity index is 2.29. The van der Waals surface area contributed by atoms with Gasteiger partial charge in [-0.3, -0.25) is 4.79 Å². The van der Waals surface area contributed by atoms with E-state index in [1.165, 1.54) is 135 Å². The van der Waals surface area contributed by atoms with Crippen LogP contribution in [0.25, 0.3) is 0 Å². The van der Waals surface area contributed by atoms with Gasteiger partial charge in [0.25, 0.3) is 0 Å². The van der Waals surface area contributed by atoms with E-state index in [2.05, 4.69) is 13.8 Å². The second-order valence-corrected chi connectivity index (χ2v) is 14.5. The van der Waals surface area contributed by atoms with Crippen molar-refractivity contribution in [3.05, 3.63) is 0 Å². The summed E-state index contributed by atoms with van der Waals surface area (Å²) >= 11 is 0. The van der Waals surface area contributed by atoms with Crippen molar-refractivity contribution >= 4 is 5.97 Å². The molecule has 48 heavy (non-hydrogen) atoms. The van der Waals surface area contributed by atoms with Crippen LogP contribution in [-0.4, -0.2) is 76.4 Å². The van der Waals surface area contributed by atoms with Gasteiger partial charge in [0.05, 0.1) is 13.2 Å². The van der Waals surface area contributed by atoms with Crippen LogP contribution in [0.3, 0.4) is 0 Å². The summed E-state index contributed by atoms with van der Waals surface area (Å²) < 4.78 is 17.1. The quantitative estimate of drug-likeness (QED) is 0.0390. The first kappa shape index (κ1) is 45.3. The van der Waals surface area contributed by atoms with Gasteiger partial charge in [-0.25, -0.2) is 0 Å². The molecule has 1 saturated heterocycles. The van der Waals surface area contributed by atoms with Gasteiger partial charge >= 0.3 is 5.97 Å². The molecule has 8 heteroatoms. The molecule has 0 aliphatic carbocycles. The fraction of sp³-hybridized carbons (Fsp3) is 0.975. The molecule has 6 atom stereocenters. The monoisotopic (exact) mass is 687 g/mol. The average molecular weight is 687 g/mol. The molecule has 0 bridgehead atoms. The molecule has 0 aromatic heterocycles. The SMILES string of the molecule is CCCCCCCCCCCCCCCCCCC(CO[C@H]1OC(CO)[C@@H](O)C(O)[C@@H]1O)OC(=O)CCCCCCCCCCCCC. The second-order valence-electron chi connectivity index (χ2n) is 14.5. The van der Waals surface area contributed by atoms with Crippen LogP contribution in [-0.2, 0) is 19.0 Å². The van der Waals surface area contributed by atoms with Crippen molar-refractivity contribution in [3.8, 4) is 0 Å². The zero-order valence-electron chi connectivity index (χ0n) is 31.3. The van der Waals surface area contributed by atoms with E-state index in [1.54, 1.807) is 0 Å². The lowest BCUT2D eigenvalue weighted by Gasteiger charge is -2.39. The van der Waals surface area contributed by atoms with E-state index in [1.807, 2.05) is 0 Å². The van der Waals surface area contributed by atoms with Gasteiger partial charge < -0.3 is 34.6 Å². The number of rotatable bonds is 34. The number of carbonyl (C=O) groups excluding carboxylic acids is 1. The van der Waals surface area contributed by atoms with E-state index in [4.69, 9.17) is 14.2 Å². The molecule has 0 saturated carbocycles. The van der Waals surface area contributed by atoms with Crippen molar-refractivity contribution in [2.24, 2.45) is 0 Å². The summed E-state index contributed by atoms with van der Waals surface area (Å²) in [5.74, 6) is -0.232. The van der Waals surface area contributed by atoms with Gasteiger partial charge in [0, 0.05) is 6.42 Å². The molecule has 3 unspecified atom stereocenters. The first-order valence-electron chi connectivity index (χ1n) is 20.6. The zero-order valence-corrected chi connectivity index (χ0v) is 31.3. The smallest absolute Gasteiger partial charge is 0.306 e. The minimum atomic E-state index is -1.50. The van der Waals surface area contributed by atoms with Gasteiger partial charge in [0.1, 0.15) is 30.5 Å². The fourth-order valence-corrected chi connectivity index (χ4v) is 6.68. The van der Waals surface area contributed by atoms with E-state index in [0.29, 0.717) is 12.8 Å². The molecule has 1 aliphatic heterocycles. The number of hydrogen-bond acceptors (Lipinski definition) is 8. The van der Waals surface area contributed by atoms with Crippen LogP contribution in [0.15, 0.2) is 0 Å². The Kier molecular flexibility index (Phi) is 30.3. The zero-order chi connectivity index (χ0) is 35.1. The van der Waals surface area contributed by atoms with Crippen molar-refractivity contribution in [1.29, 1.82) is 0 Å². The molecule has 0 amide bonds. The molecule has 0 aromatic carbocycles. The number of esters is 1. The highest BCUT2D eigenvalue weighted by atomic mass is 16.7. The van der Waals surface area contributed by atoms with Gasteiger partial charge in [-0.2, -0.15) is 0 Å². The predicted molar refractivity (Wildman–Crippen MR) is 195 cm³/mol. The van der Waals surface area contributed by atoms with Crippen molar-refractivity contribution < 1.29 is 39.4 Å². The second kappa shape index (κ2) is 32.2. The summed E-state index contributed by atoms with van der Waals surface area (Å²) in [5.41, 5.74) is 0. The van der Waals surface area contributed by atoms with Gasteiger partial charge in [-0.15, -0.1) is 0 Å². The Labute approximate surface area is 295 Å². The van der Waals surface area contributed by atoms with Crippen molar-refractivity contribution in [1.82, 2.24) is 0 Å². The summed E-state index contributed by atoms with van der Waals surface area (Å²) in [6, 6.07) is 0. The molecule has 1 rings (SSSR count). The maximum atomic E-state index is 12.7. The Morgan fingerprint density at radius 2 is 0.958 bits per heavy atom.